The molecule has 0 bridgehead atoms. The normalized spacial score (nSPS) is 23.3. The van der Waals surface area contributed by atoms with Crippen LogP contribution in [0.3, 0.4) is 0 Å². The first-order valence-electron chi connectivity index (χ1n) is 7.70. The van der Waals surface area contributed by atoms with Crippen molar-refractivity contribution in [1.82, 2.24) is 9.88 Å². The minimum absolute atomic E-state index is 0.718. The monoisotopic (exact) mass is 290 g/mol. The van der Waals surface area contributed by atoms with Gasteiger partial charge in [0, 0.05) is 41.3 Å². The van der Waals surface area contributed by atoms with Crippen LogP contribution < -0.4 is 5.32 Å². The minimum atomic E-state index is 0.718. The second-order valence-electron chi connectivity index (χ2n) is 6.14. The molecule has 2 aromatic rings. The molecule has 1 aliphatic carbocycles. The summed E-state index contributed by atoms with van der Waals surface area (Å²) in [5.74, 6) is 0.885. The van der Waals surface area contributed by atoms with Gasteiger partial charge in [0.05, 0.1) is 0 Å². The van der Waals surface area contributed by atoms with E-state index in [0.717, 1.165) is 30.1 Å². The molecule has 0 aliphatic heterocycles. The zero-order chi connectivity index (χ0) is 13.9. The fourth-order valence-corrected chi connectivity index (χ4v) is 3.56. The van der Waals surface area contributed by atoms with Crippen molar-refractivity contribution in [3.05, 3.63) is 35.5 Å². The molecular formula is C17H23ClN2. The molecule has 0 spiro atoms. The molecule has 1 aromatic heterocycles. The van der Waals surface area contributed by atoms with E-state index in [1.54, 1.807) is 0 Å². The molecule has 2 unspecified atom stereocenters. The quantitative estimate of drug-likeness (QED) is 0.879. The molecule has 0 saturated heterocycles. The van der Waals surface area contributed by atoms with E-state index in [2.05, 4.69) is 35.1 Å². The van der Waals surface area contributed by atoms with E-state index >= 15 is 0 Å². The number of fused-ring (bicyclic) bond motifs is 1. The van der Waals surface area contributed by atoms with Crippen LogP contribution in [0.15, 0.2) is 30.5 Å². The maximum atomic E-state index is 6.03. The van der Waals surface area contributed by atoms with Crippen LogP contribution >= 0.6 is 11.6 Å². The molecule has 0 radical (unpaired) electrons. The molecule has 1 N–H and O–H groups in total. The number of benzene rings is 1. The van der Waals surface area contributed by atoms with E-state index < -0.39 is 0 Å². The lowest BCUT2D eigenvalue weighted by Gasteiger charge is -2.27. The number of hydrogen-bond acceptors (Lipinski definition) is 1. The summed E-state index contributed by atoms with van der Waals surface area (Å²) >= 11 is 6.03. The molecular weight excluding hydrogens is 268 g/mol. The Balaban J connectivity index is 1.57. The van der Waals surface area contributed by atoms with Crippen molar-refractivity contribution in [2.75, 3.05) is 6.54 Å². The van der Waals surface area contributed by atoms with E-state index in [-0.39, 0.29) is 0 Å². The predicted octanol–water partition coefficient (Wildman–Crippen LogP) is 4.46. The summed E-state index contributed by atoms with van der Waals surface area (Å²) in [6, 6.07) is 8.97. The zero-order valence-electron chi connectivity index (χ0n) is 12.1. The highest BCUT2D eigenvalue weighted by molar-refractivity contribution is 6.31. The van der Waals surface area contributed by atoms with Gasteiger partial charge in [-0.3, -0.25) is 0 Å². The Bertz CT molecular complexity index is 575. The van der Waals surface area contributed by atoms with Crippen molar-refractivity contribution >= 4 is 22.5 Å². The zero-order valence-corrected chi connectivity index (χ0v) is 12.9. The Morgan fingerprint density at radius 3 is 3.05 bits per heavy atom. The van der Waals surface area contributed by atoms with Crippen molar-refractivity contribution in [2.24, 2.45) is 5.92 Å². The molecule has 1 heterocycles. The van der Waals surface area contributed by atoms with Gasteiger partial charge in [-0.2, -0.15) is 0 Å². The second kappa shape index (κ2) is 6.19. The number of rotatable bonds is 4. The van der Waals surface area contributed by atoms with Gasteiger partial charge in [-0.05, 0) is 43.0 Å². The van der Waals surface area contributed by atoms with Crippen LogP contribution in [0.25, 0.3) is 10.9 Å². The molecule has 2 nitrogen and oxygen atoms in total. The number of halogens is 1. The van der Waals surface area contributed by atoms with Crippen molar-refractivity contribution in [3.8, 4) is 0 Å². The first kappa shape index (κ1) is 14.0. The van der Waals surface area contributed by atoms with E-state index in [1.165, 1.54) is 36.6 Å². The Kier molecular flexibility index (Phi) is 4.32. The van der Waals surface area contributed by atoms with Gasteiger partial charge in [-0.15, -0.1) is 0 Å². The molecule has 3 heteroatoms. The third kappa shape index (κ3) is 3.18. The number of nitrogens with one attached hydrogen (secondary N) is 1. The summed E-state index contributed by atoms with van der Waals surface area (Å²) in [5, 5.41) is 5.75. The van der Waals surface area contributed by atoms with Gasteiger partial charge in [0.1, 0.15) is 0 Å². The van der Waals surface area contributed by atoms with Crippen molar-refractivity contribution in [2.45, 2.75) is 45.2 Å². The van der Waals surface area contributed by atoms with Gasteiger partial charge >= 0.3 is 0 Å². The number of aromatic nitrogens is 1. The maximum absolute atomic E-state index is 6.03. The van der Waals surface area contributed by atoms with Gasteiger partial charge in [0.15, 0.2) is 0 Å². The average molecular weight is 291 g/mol. The van der Waals surface area contributed by atoms with E-state index in [0.29, 0.717) is 0 Å². The van der Waals surface area contributed by atoms with Gasteiger partial charge in [0.2, 0.25) is 0 Å². The Morgan fingerprint density at radius 2 is 2.20 bits per heavy atom. The Morgan fingerprint density at radius 1 is 1.30 bits per heavy atom. The summed E-state index contributed by atoms with van der Waals surface area (Å²) in [6.07, 6.45) is 7.62. The number of hydrogen-bond donors (Lipinski definition) is 1. The molecule has 2 atom stereocenters. The highest BCUT2D eigenvalue weighted by atomic mass is 35.5. The summed E-state index contributed by atoms with van der Waals surface area (Å²) in [4.78, 5) is 0. The SMILES string of the molecule is CC1CCCC(NCCn2ccc3cc(Cl)ccc32)C1. The van der Waals surface area contributed by atoms with Crippen LogP contribution in [0.2, 0.25) is 5.02 Å². The maximum Gasteiger partial charge on any atom is 0.0481 e. The average Bonchev–Trinajstić information content (AvgIpc) is 2.81. The van der Waals surface area contributed by atoms with Gasteiger partial charge in [-0.25, -0.2) is 0 Å². The minimum Gasteiger partial charge on any atom is -0.346 e. The second-order valence-corrected chi connectivity index (χ2v) is 6.57. The molecule has 1 fully saturated rings. The summed E-state index contributed by atoms with van der Waals surface area (Å²) < 4.78 is 2.31. The van der Waals surface area contributed by atoms with Crippen LogP contribution in [0.1, 0.15) is 32.6 Å². The summed E-state index contributed by atoms with van der Waals surface area (Å²) in [6.45, 7) is 4.44. The third-order valence-corrected chi connectivity index (χ3v) is 4.69. The summed E-state index contributed by atoms with van der Waals surface area (Å²) in [7, 11) is 0. The largest absolute Gasteiger partial charge is 0.346 e. The third-order valence-electron chi connectivity index (χ3n) is 4.46. The molecule has 20 heavy (non-hydrogen) atoms. The van der Waals surface area contributed by atoms with Gasteiger partial charge in [0.25, 0.3) is 0 Å². The highest BCUT2D eigenvalue weighted by Gasteiger charge is 2.17. The van der Waals surface area contributed by atoms with Crippen LogP contribution in [-0.4, -0.2) is 17.2 Å². The van der Waals surface area contributed by atoms with E-state index in [4.69, 9.17) is 11.6 Å². The fourth-order valence-electron chi connectivity index (χ4n) is 3.37. The first-order chi connectivity index (χ1) is 9.72. The van der Waals surface area contributed by atoms with Crippen molar-refractivity contribution in [1.29, 1.82) is 0 Å². The molecule has 108 valence electrons. The molecule has 3 rings (SSSR count). The smallest absolute Gasteiger partial charge is 0.0481 e. The van der Waals surface area contributed by atoms with E-state index in [1.807, 2.05) is 12.1 Å². The Hall–Kier alpha value is -0.990. The van der Waals surface area contributed by atoms with Crippen LogP contribution in [0.5, 0.6) is 0 Å². The molecule has 1 aliphatic rings. The van der Waals surface area contributed by atoms with Crippen LogP contribution in [-0.2, 0) is 6.54 Å². The lowest BCUT2D eigenvalue weighted by Crippen LogP contribution is -2.35. The molecule has 1 aromatic carbocycles. The standard InChI is InChI=1S/C17H23ClN2/c1-13-3-2-4-16(11-13)19-8-10-20-9-7-14-12-15(18)5-6-17(14)20/h5-7,9,12-13,16,19H,2-4,8,10-11H2,1H3. The van der Waals surface area contributed by atoms with E-state index in [9.17, 15) is 0 Å². The highest BCUT2D eigenvalue weighted by Crippen LogP contribution is 2.23. The van der Waals surface area contributed by atoms with Crippen LogP contribution in [0.4, 0.5) is 0 Å². The molecule has 1 saturated carbocycles. The number of nitrogens with zero attached hydrogens (tertiary/aromatic N) is 1. The van der Waals surface area contributed by atoms with Crippen molar-refractivity contribution in [3.63, 3.8) is 0 Å². The van der Waals surface area contributed by atoms with Gasteiger partial charge < -0.3 is 9.88 Å². The van der Waals surface area contributed by atoms with Gasteiger partial charge in [-0.1, -0.05) is 31.4 Å². The Labute approximate surface area is 126 Å². The lowest BCUT2D eigenvalue weighted by atomic mass is 9.87. The first-order valence-corrected chi connectivity index (χ1v) is 8.08. The lowest BCUT2D eigenvalue weighted by molar-refractivity contribution is 0.299. The summed E-state index contributed by atoms with van der Waals surface area (Å²) in [5.41, 5.74) is 1.27. The topological polar surface area (TPSA) is 17.0 Å². The van der Waals surface area contributed by atoms with Crippen LogP contribution in [0, 0.1) is 5.92 Å². The predicted molar refractivity (Wildman–Crippen MR) is 86.4 cm³/mol. The molecule has 0 amide bonds. The fraction of sp³-hybridized carbons (Fsp3) is 0.529. The van der Waals surface area contributed by atoms with Crippen molar-refractivity contribution < 1.29 is 0 Å².